The molecule has 250 valence electrons. The van der Waals surface area contributed by atoms with E-state index in [4.69, 9.17) is 10.4 Å². The van der Waals surface area contributed by atoms with E-state index in [1.165, 1.54) is 44.3 Å². The van der Waals surface area contributed by atoms with Gasteiger partial charge in [-0.2, -0.15) is 32.1 Å². The van der Waals surface area contributed by atoms with E-state index in [9.17, 15) is 26.4 Å². The number of rotatable bonds is 6. The SMILES string of the molecule is CC1(C)SCCN(S(=O)(=O)c2ccccc2)C1C(=O)NO.Cc1cc(C)c(S(=O)(=O)N2CCSC(C)(C)C2C(=O)NO)c(C)c1. The van der Waals surface area contributed by atoms with Gasteiger partial charge in [0.05, 0.1) is 9.79 Å². The number of hydroxylamine groups is 2. The number of amides is 2. The first-order chi connectivity index (χ1) is 20.8. The van der Waals surface area contributed by atoms with Crippen LogP contribution in [-0.4, -0.2) is 93.8 Å². The molecule has 2 amide bonds. The van der Waals surface area contributed by atoms with Crippen molar-refractivity contribution in [2.45, 2.75) is 79.8 Å². The Labute approximate surface area is 274 Å². The lowest BCUT2D eigenvalue weighted by atomic mass is 10.0. The van der Waals surface area contributed by atoms with Crippen molar-refractivity contribution in [1.82, 2.24) is 19.6 Å². The summed E-state index contributed by atoms with van der Waals surface area (Å²) < 4.78 is 53.3. The zero-order valence-electron chi connectivity index (χ0n) is 26.4. The van der Waals surface area contributed by atoms with Crippen LogP contribution >= 0.6 is 23.5 Å². The highest BCUT2D eigenvalue weighted by atomic mass is 32.2. The highest BCUT2D eigenvalue weighted by molar-refractivity contribution is 8.01. The number of thioether (sulfide) groups is 2. The zero-order valence-corrected chi connectivity index (χ0v) is 29.7. The molecule has 12 nitrogen and oxygen atoms in total. The van der Waals surface area contributed by atoms with E-state index in [0.29, 0.717) is 22.6 Å². The number of carbonyl (C=O) groups is 2. The Kier molecular flexibility index (Phi) is 11.8. The van der Waals surface area contributed by atoms with Gasteiger partial charge in [-0.1, -0.05) is 35.9 Å². The zero-order chi connectivity index (χ0) is 34.0. The van der Waals surface area contributed by atoms with Crippen LogP contribution in [0.3, 0.4) is 0 Å². The first-order valence-electron chi connectivity index (χ1n) is 14.2. The summed E-state index contributed by atoms with van der Waals surface area (Å²) in [5, 5.41) is 18.0. The van der Waals surface area contributed by atoms with Crippen molar-refractivity contribution in [2.75, 3.05) is 24.6 Å². The summed E-state index contributed by atoms with van der Waals surface area (Å²) in [5.74, 6) is -0.246. The molecule has 2 aliphatic rings. The maximum atomic E-state index is 13.3. The number of aryl methyl sites for hydroxylation is 3. The van der Waals surface area contributed by atoms with E-state index in [2.05, 4.69) is 0 Å². The molecule has 0 radical (unpaired) electrons. The maximum Gasteiger partial charge on any atom is 0.263 e. The number of sulfonamides is 2. The largest absolute Gasteiger partial charge is 0.289 e. The Hall–Kier alpha value is -2.18. The molecule has 4 N–H and O–H groups in total. The van der Waals surface area contributed by atoms with Gasteiger partial charge in [-0.15, -0.1) is 0 Å². The smallest absolute Gasteiger partial charge is 0.263 e. The van der Waals surface area contributed by atoms with Crippen LogP contribution in [0.5, 0.6) is 0 Å². The normalized spacial score (nSPS) is 22.1. The molecule has 16 heteroatoms. The van der Waals surface area contributed by atoms with Gasteiger partial charge < -0.3 is 0 Å². The molecule has 2 unspecified atom stereocenters. The summed E-state index contributed by atoms with van der Waals surface area (Å²) in [6.07, 6.45) is 0. The highest BCUT2D eigenvalue weighted by Gasteiger charge is 2.49. The van der Waals surface area contributed by atoms with Crippen molar-refractivity contribution in [3.8, 4) is 0 Å². The van der Waals surface area contributed by atoms with E-state index >= 15 is 0 Å². The lowest BCUT2D eigenvalue weighted by molar-refractivity contribution is -0.134. The van der Waals surface area contributed by atoms with E-state index in [1.807, 2.05) is 32.9 Å². The third kappa shape index (κ3) is 7.87. The molecule has 4 rings (SSSR count). The van der Waals surface area contributed by atoms with Crippen molar-refractivity contribution < 1.29 is 36.8 Å². The summed E-state index contributed by atoms with van der Waals surface area (Å²) in [6.45, 7) is 13.1. The van der Waals surface area contributed by atoms with Gasteiger partial charge >= 0.3 is 0 Å². The van der Waals surface area contributed by atoms with E-state index in [0.717, 1.165) is 5.56 Å². The molecule has 0 aromatic heterocycles. The molecule has 2 aromatic carbocycles. The van der Waals surface area contributed by atoms with Gasteiger partial charge in [0.1, 0.15) is 12.1 Å². The van der Waals surface area contributed by atoms with Gasteiger partial charge in [0.25, 0.3) is 11.8 Å². The van der Waals surface area contributed by atoms with Crippen molar-refractivity contribution in [3.63, 3.8) is 0 Å². The molecular formula is C29H42N4O8S4. The van der Waals surface area contributed by atoms with Crippen LogP contribution in [0.1, 0.15) is 44.4 Å². The standard InChI is InChI=1S/C16H24N2O4S2.C13H18N2O4S2/c1-10-8-11(2)13(12(3)9-10)24(21,22)18-6-7-23-16(4,5)14(18)15(19)17-20;1-13(2)11(12(16)14-17)15(8-9-20-13)21(18,19)10-6-4-3-5-7-10/h8-9,14,20H,6-7H2,1-5H3,(H,17,19);3-7,11,17H,8-9H2,1-2H3,(H,14,16). The monoisotopic (exact) mass is 702 g/mol. The maximum absolute atomic E-state index is 13.3. The lowest BCUT2D eigenvalue weighted by Crippen LogP contribution is -2.61. The second-order valence-electron chi connectivity index (χ2n) is 11.9. The van der Waals surface area contributed by atoms with Crippen molar-refractivity contribution >= 4 is 55.4 Å². The fourth-order valence-electron chi connectivity index (χ4n) is 5.86. The Morgan fingerprint density at radius 2 is 1.16 bits per heavy atom. The first kappa shape index (κ1) is 37.3. The predicted molar refractivity (Wildman–Crippen MR) is 175 cm³/mol. The number of nitrogens with one attached hydrogen (secondary N) is 2. The number of nitrogens with zero attached hydrogens (tertiary/aromatic N) is 2. The Morgan fingerprint density at radius 1 is 0.756 bits per heavy atom. The summed E-state index contributed by atoms with van der Waals surface area (Å²) in [5.41, 5.74) is 5.52. The topological polar surface area (TPSA) is 173 Å². The van der Waals surface area contributed by atoms with E-state index in [-0.39, 0.29) is 22.9 Å². The second kappa shape index (κ2) is 14.3. The Bertz CT molecular complexity index is 1590. The summed E-state index contributed by atoms with van der Waals surface area (Å²) in [6, 6.07) is 9.70. The number of hydrogen-bond donors (Lipinski definition) is 4. The Balaban J connectivity index is 0.000000248. The van der Waals surface area contributed by atoms with Gasteiger partial charge in [-0.3, -0.25) is 20.0 Å². The quantitative estimate of drug-likeness (QED) is 0.259. The van der Waals surface area contributed by atoms with Gasteiger partial charge in [0.15, 0.2) is 0 Å². The van der Waals surface area contributed by atoms with Gasteiger partial charge in [0, 0.05) is 34.1 Å². The molecule has 0 bridgehead atoms. The number of benzene rings is 2. The first-order valence-corrected chi connectivity index (χ1v) is 19.0. The molecule has 2 saturated heterocycles. The van der Waals surface area contributed by atoms with Gasteiger partial charge in [-0.25, -0.2) is 27.8 Å². The number of hydrogen-bond acceptors (Lipinski definition) is 10. The molecule has 2 fully saturated rings. The summed E-state index contributed by atoms with van der Waals surface area (Å²) in [4.78, 5) is 24.6. The third-order valence-corrected chi connectivity index (χ3v) is 14.5. The fraction of sp³-hybridized carbons (Fsp3) is 0.517. The highest BCUT2D eigenvalue weighted by Crippen LogP contribution is 2.40. The van der Waals surface area contributed by atoms with Crippen molar-refractivity contribution in [3.05, 3.63) is 59.2 Å². The van der Waals surface area contributed by atoms with Crippen LogP contribution in [0.4, 0.5) is 0 Å². The molecule has 0 spiro atoms. The summed E-state index contributed by atoms with van der Waals surface area (Å²) in [7, 11) is -7.66. The minimum absolute atomic E-state index is 0.142. The molecule has 0 aliphatic carbocycles. The summed E-state index contributed by atoms with van der Waals surface area (Å²) >= 11 is 3.03. The lowest BCUT2D eigenvalue weighted by Gasteiger charge is -2.43. The minimum Gasteiger partial charge on any atom is -0.289 e. The molecule has 2 heterocycles. The molecular weight excluding hydrogens is 661 g/mol. The van der Waals surface area contributed by atoms with E-state index < -0.39 is 53.4 Å². The van der Waals surface area contributed by atoms with Crippen LogP contribution in [0.25, 0.3) is 0 Å². The molecule has 2 aromatic rings. The fourth-order valence-corrected chi connectivity index (χ4v) is 12.5. The third-order valence-electron chi connectivity index (χ3n) is 7.70. The van der Waals surface area contributed by atoms with Crippen LogP contribution < -0.4 is 11.0 Å². The van der Waals surface area contributed by atoms with Gasteiger partial charge in [0.2, 0.25) is 20.0 Å². The average Bonchev–Trinajstić information content (AvgIpc) is 2.95. The van der Waals surface area contributed by atoms with E-state index in [1.54, 1.807) is 56.9 Å². The van der Waals surface area contributed by atoms with Crippen LogP contribution in [0, 0.1) is 20.8 Å². The Morgan fingerprint density at radius 3 is 1.56 bits per heavy atom. The molecule has 45 heavy (non-hydrogen) atoms. The van der Waals surface area contributed by atoms with Crippen LogP contribution in [-0.2, 0) is 29.6 Å². The second-order valence-corrected chi connectivity index (χ2v) is 19.1. The van der Waals surface area contributed by atoms with Gasteiger partial charge in [-0.05, 0) is 71.7 Å². The predicted octanol–water partition coefficient (Wildman–Crippen LogP) is 3.08. The molecule has 0 saturated carbocycles. The molecule has 2 atom stereocenters. The average molecular weight is 703 g/mol. The van der Waals surface area contributed by atoms with Crippen molar-refractivity contribution in [2.24, 2.45) is 0 Å². The van der Waals surface area contributed by atoms with Crippen LogP contribution in [0.15, 0.2) is 52.3 Å². The van der Waals surface area contributed by atoms with Crippen molar-refractivity contribution in [1.29, 1.82) is 0 Å². The van der Waals surface area contributed by atoms with Crippen LogP contribution in [0.2, 0.25) is 0 Å². The minimum atomic E-state index is -3.87. The number of carbonyl (C=O) groups excluding carboxylic acids is 2. The molecule has 2 aliphatic heterocycles.